The molecule has 130 valence electrons. The zero-order valence-electron chi connectivity index (χ0n) is 13.6. The molecule has 1 aromatic carbocycles. The monoisotopic (exact) mass is 370 g/mol. The van der Waals surface area contributed by atoms with Crippen LogP contribution in [-0.4, -0.2) is 35.9 Å². The standard InChI is InChI=1S/C15H11ClN8O2/c1-23-14(26)10(9-5-3-4-8(6-9)7-17)11(16)12(20-23)13(25)18-15-19-21-22-24(15)2/h3-6H,1-2H3,(H,18,19,22,25). The van der Waals surface area contributed by atoms with Gasteiger partial charge in [0.2, 0.25) is 5.95 Å². The first-order chi connectivity index (χ1) is 12.4. The number of nitrogens with zero attached hydrogens (tertiary/aromatic N) is 7. The Hall–Kier alpha value is -3.58. The van der Waals surface area contributed by atoms with Crippen LogP contribution in [0.1, 0.15) is 16.1 Å². The van der Waals surface area contributed by atoms with Crippen molar-refractivity contribution < 1.29 is 4.79 Å². The molecule has 2 aromatic heterocycles. The van der Waals surface area contributed by atoms with Crippen LogP contribution in [0.3, 0.4) is 0 Å². The number of carbonyl (C=O) groups excluding carboxylic acids is 1. The number of halogens is 1. The van der Waals surface area contributed by atoms with Gasteiger partial charge >= 0.3 is 0 Å². The maximum Gasteiger partial charge on any atom is 0.280 e. The van der Waals surface area contributed by atoms with Gasteiger partial charge in [0, 0.05) is 14.1 Å². The minimum atomic E-state index is -0.679. The third-order valence-corrected chi connectivity index (χ3v) is 3.89. The molecule has 0 unspecified atom stereocenters. The van der Waals surface area contributed by atoms with E-state index >= 15 is 0 Å². The van der Waals surface area contributed by atoms with E-state index in [-0.39, 0.29) is 22.2 Å². The lowest BCUT2D eigenvalue weighted by atomic mass is 10.0. The van der Waals surface area contributed by atoms with Crippen LogP contribution in [0.5, 0.6) is 0 Å². The predicted octanol–water partition coefficient (Wildman–Crippen LogP) is 0.748. The lowest BCUT2D eigenvalue weighted by molar-refractivity contribution is 0.101. The van der Waals surface area contributed by atoms with E-state index in [2.05, 4.69) is 25.9 Å². The normalized spacial score (nSPS) is 10.4. The van der Waals surface area contributed by atoms with Crippen molar-refractivity contribution >= 4 is 23.5 Å². The summed E-state index contributed by atoms with van der Waals surface area (Å²) in [7, 11) is 2.95. The summed E-state index contributed by atoms with van der Waals surface area (Å²) in [6.07, 6.45) is 0. The van der Waals surface area contributed by atoms with E-state index < -0.39 is 11.5 Å². The number of aromatic nitrogens is 6. The second kappa shape index (κ2) is 6.73. The number of nitrogens with one attached hydrogen (secondary N) is 1. The summed E-state index contributed by atoms with van der Waals surface area (Å²) in [6, 6.07) is 8.34. The molecule has 0 radical (unpaired) electrons. The van der Waals surface area contributed by atoms with E-state index in [1.165, 1.54) is 17.8 Å². The number of carbonyl (C=O) groups is 1. The number of rotatable bonds is 3. The Morgan fingerprint density at radius 3 is 2.73 bits per heavy atom. The van der Waals surface area contributed by atoms with Crippen molar-refractivity contribution in [3.63, 3.8) is 0 Å². The Morgan fingerprint density at radius 2 is 2.08 bits per heavy atom. The summed E-state index contributed by atoms with van der Waals surface area (Å²) in [6.45, 7) is 0. The van der Waals surface area contributed by atoms with Gasteiger partial charge in [0.05, 0.1) is 22.2 Å². The fraction of sp³-hybridized carbons (Fsp3) is 0.133. The molecular formula is C15H11ClN8O2. The van der Waals surface area contributed by atoms with Crippen LogP contribution >= 0.6 is 11.6 Å². The Balaban J connectivity index is 2.12. The van der Waals surface area contributed by atoms with Gasteiger partial charge in [-0.15, -0.1) is 0 Å². The van der Waals surface area contributed by atoms with E-state index in [1.54, 1.807) is 25.2 Å². The second-order valence-corrected chi connectivity index (χ2v) is 5.62. The van der Waals surface area contributed by atoms with Crippen molar-refractivity contribution in [1.29, 1.82) is 5.26 Å². The lowest BCUT2D eigenvalue weighted by Crippen LogP contribution is -2.27. The number of anilines is 1. The average molecular weight is 371 g/mol. The van der Waals surface area contributed by atoms with Crippen LogP contribution in [0.2, 0.25) is 5.02 Å². The maximum atomic E-state index is 12.5. The Labute approximate surface area is 151 Å². The molecule has 0 aliphatic rings. The summed E-state index contributed by atoms with van der Waals surface area (Å²) in [5.74, 6) is -0.587. The fourth-order valence-electron chi connectivity index (χ4n) is 2.25. The van der Waals surface area contributed by atoms with Crippen molar-refractivity contribution in [2.75, 3.05) is 5.32 Å². The maximum absolute atomic E-state index is 12.5. The zero-order chi connectivity index (χ0) is 18.8. The second-order valence-electron chi connectivity index (χ2n) is 5.24. The quantitative estimate of drug-likeness (QED) is 0.719. The van der Waals surface area contributed by atoms with Crippen LogP contribution in [0, 0.1) is 11.3 Å². The van der Waals surface area contributed by atoms with Crippen molar-refractivity contribution in [3.8, 4) is 17.2 Å². The molecule has 0 spiro atoms. The number of hydrogen-bond donors (Lipinski definition) is 1. The largest absolute Gasteiger partial charge is 0.288 e. The number of benzene rings is 1. The molecule has 0 aliphatic carbocycles. The SMILES string of the molecule is Cn1nnnc1NC(=O)c1nn(C)c(=O)c(-c2cccc(C#N)c2)c1Cl. The molecule has 0 saturated carbocycles. The highest BCUT2D eigenvalue weighted by Gasteiger charge is 2.22. The first-order valence-electron chi connectivity index (χ1n) is 7.23. The zero-order valence-corrected chi connectivity index (χ0v) is 14.4. The molecule has 1 N–H and O–H groups in total. The minimum Gasteiger partial charge on any atom is -0.288 e. The van der Waals surface area contributed by atoms with Gasteiger partial charge in [0.25, 0.3) is 11.5 Å². The van der Waals surface area contributed by atoms with Crippen LogP contribution in [0.15, 0.2) is 29.1 Å². The first-order valence-corrected chi connectivity index (χ1v) is 7.61. The van der Waals surface area contributed by atoms with Gasteiger partial charge in [-0.05, 0) is 28.1 Å². The van der Waals surface area contributed by atoms with Gasteiger partial charge in [0.1, 0.15) is 0 Å². The van der Waals surface area contributed by atoms with Crippen LogP contribution in [0.4, 0.5) is 5.95 Å². The molecular weight excluding hydrogens is 360 g/mol. The summed E-state index contributed by atoms with van der Waals surface area (Å²) in [5.41, 5.74) is 0.165. The van der Waals surface area contributed by atoms with Gasteiger partial charge < -0.3 is 0 Å². The third kappa shape index (κ3) is 3.03. The molecule has 11 heteroatoms. The smallest absolute Gasteiger partial charge is 0.280 e. The first kappa shape index (κ1) is 17.2. The van der Waals surface area contributed by atoms with E-state index in [0.717, 1.165) is 4.68 Å². The summed E-state index contributed by atoms with van der Waals surface area (Å²) < 4.78 is 2.26. The van der Waals surface area contributed by atoms with Crippen molar-refractivity contribution in [3.05, 3.63) is 50.9 Å². The molecule has 3 aromatic rings. The van der Waals surface area contributed by atoms with Gasteiger partial charge in [-0.1, -0.05) is 28.8 Å². The Bertz CT molecular complexity index is 1110. The van der Waals surface area contributed by atoms with Gasteiger partial charge in [-0.3, -0.25) is 14.9 Å². The van der Waals surface area contributed by atoms with E-state index in [0.29, 0.717) is 11.1 Å². The van der Waals surface area contributed by atoms with Gasteiger partial charge in [0.15, 0.2) is 5.69 Å². The number of tetrazole rings is 1. The third-order valence-electron chi connectivity index (χ3n) is 3.53. The van der Waals surface area contributed by atoms with Crippen molar-refractivity contribution in [2.45, 2.75) is 0 Å². The molecule has 10 nitrogen and oxygen atoms in total. The lowest BCUT2D eigenvalue weighted by Gasteiger charge is -2.11. The number of hydrogen-bond acceptors (Lipinski definition) is 7. The average Bonchev–Trinajstić information content (AvgIpc) is 3.03. The van der Waals surface area contributed by atoms with Crippen LogP contribution in [-0.2, 0) is 14.1 Å². The Morgan fingerprint density at radius 1 is 1.31 bits per heavy atom. The molecule has 2 heterocycles. The van der Waals surface area contributed by atoms with Crippen molar-refractivity contribution in [2.24, 2.45) is 14.1 Å². The fourth-order valence-corrected chi connectivity index (χ4v) is 2.56. The summed E-state index contributed by atoms with van der Waals surface area (Å²) in [4.78, 5) is 25.0. The molecule has 0 bridgehead atoms. The Kier molecular flexibility index (Phi) is 4.47. The molecule has 3 rings (SSSR count). The van der Waals surface area contributed by atoms with Crippen LogP contribution in [0.25, 0.3) is 11.1 Å². The minimum absolute atomic E-state index is 0.0718. The number of amides is 1. The highest BCUT2D eigenvalue weighted by molar-refractivity contribution is 6.36. The predicted molar refractivity (Wildman–Crippen MR) is 91.4 cm³/mol. The summed E-state index contributed by atoms with van der Waals surface area (Å²) in [5, 5.41) is 26.0. The molecule has 0 fully saturated rings. The molecule has 0 atom stereocenters. The highest BCUT2D eigenvalue weighted by Crippen LogP contribution is 2.27. The number of aryl methyl sites for hydroxylation is 2. The van der Waals surface area contributed by atoms with E-state index in [9.17, 15) is 9.59 Å². The summed E-state index contributed by atoms with van der Waals surface area (Å²) >= 11 is 6.31. The molecule has 1 amide bonds. The number of nitriles is 1. The van der Waals surface area contributed by atoms with Crippen LogP contribution < -0.4 is 10.9 Å². The van der Waals surface area contributed by atoms with Crippen molar-refractivity contribution in [1.82, 2.24) is 30.0 Å². The molecule has 0 saturated heterocycles. The topological polar surface area (TPSA) is 131 Å². The molecule has 0 aliphatic heterocycles. The highest BCUT2D eigenvalue weighted by atomic mass is 35.5. The van der Waals surface area contributed by atoms with E-state index in [4.69, 9.17) is 16.9 Å². The van der Waals surface area contributed by atoms with E-state index in [1.807, 2.05) is 6.07 Å². The van der Waals surface area contributed by atoms with Gasteiger partial charge in [-0.2, -0.15) is 10.4 Å². The van der Waals surface area contributed by atoms with Gasteiger partial charge in [-0.25, -0.2) is 9.36 Å². The molecule has 26 heavy (non-hydrogen) atoms.